The second-order valence-corrected chi connectivity index (χ2v) is 4.42. The molecule has 1 aromatic heterocycles. The van der Waals surface area contributed by atoms with Gasteiger partial charge in [0.1, 0.15) is 11.6 Å². The highest BCUT2D eigenvalue weighted by Gasteiger charge is 2.25. The van der Waals surface area contributed by atoms with Crippen molar-refractivity contribution >= 4 is 17.6 Å². The molecule has 0 saturated heterocycles. The number of aromatic nitrogens is 2. The smallest absolute Gasteiger partial charge is 0.140 e. The molecule has 1 aromatic rings. The first-order valence-corrected chi connectivity index (χ1v) is 6.27. The summed E-state index contributed by atoms with van der Waals surface area (Å²) in [6.45, 7) is 0. The van der Waals surface area contributed by atoms with E-state index in [0.717, 1.165) is 17.4 Å². The second-order valence-electron chi connectivity index (χ2n) is 3.55. The highest BCUT2D eigenvalue weighted by molar-refractivity contribution is 7.97. The maximum atomic E-state index is 4.56. The van der Waals surface area contributed by atoms with E-state index in [1.165, 1.54) is 18.5 Å². The normalized spacial score (nSPS) is 15.6. The zero-order valence-corrected chi connectivity index (χ0v) is 9.40. The SMILES string of the molecule is CNc1cc(C2CC2)nc(CSC)n1. The summed E-state index contributed by atoms with van der Waals surface area (Å²) in [7, 11) is 1.90. The third-order valence-electron chi connectivity index (χ3n) is 2.32. The monoisotopic (exact) mass is 209 g/mol. The van der Waals surface area contributed by atoms with Crippen LogP contribution >= 0.6 is 11.8 Å². The van der Waals surface area contributed by atoms with Crippen molar-refractivity contribution < 1.29 is 0 Å². The molecule has 1 fully saturated rings. The van der Waals surface area contributed by atoms with Crippen LogP contribution in [0.1, 0.15) is 30.3 Å². The molecule has 14 heavy (non-hydrogen) atoms. The molecule has 1 N–H and O–H groups in total. The highest BCUT2D eigenvalue weighted by atomic mass is 32.2. The Labute approximate surface area is 88.7 Å². The molecule has 0 unspecified atom stereocenters. The number of thioether (sulfide) groups is 1. The summed E-state index contributed by atoms with van der Waals surface area (Å²) in [4.78, 5) is 8.97. The van der Waals surface area contributed by atoms with Crippen LogP contribution in [-0.4, -0.2) is 23.3 Å². The van der Waals surface area contributed by atoms with E-state index in [0.29, 0.717) is 5.92 Å². The van der Waals surface area contributed by atoms with Crippen molar-refractivity contribution in [3.8, 4) is 0 Å². The van der Waals surface area contributed by atoms with Crippen LogP contribution in [0.15, 0.2) is 6.07 Å². The first kappa shape index (κ1) is 9.77. The lowest BCUT2D eigenvalue weighted by molar-refractivity contribution is 0.934. The standard InChI is InChI=1S/C10H15N3S/c1-11-9-5-8(7-3-4-7)12-10(13-9)6-14-2/h5,7H,3-4,6H2,1-2H3,(H,11,12,13). The summed E-state index contributed by atoms with van der Waals surface area (Å²) in [5.41, 5.74) is 1.22. The van der Waals surface area contributed by atoms with Gasteiger partial charge >= 0.3 is 0 Å². The Morgan fingerprint density at radius 2 is 2.29 bits per heavy atom. The van der Waals surface area contributed by atoms with Gasteiger partial charge in [-0.25, -0.2) is 9.97 Å². The third-order valence-corrected chi connectivity index (χ3v) is 2.86. The van der Waals surface area contributed by atoms with Crippen LogP contribution in [0.2, 0.25) is 0 Å². The molecular weight excluding hydrogens is 194 g/mol. The molecule has 4 heteroatoms. The van der Waals surface area contributed by atoms with Gasteiger partial charge < -0.3 is 5.32 Å². The lowest BCUT2D eigenvalue weighted by atomic mass is 10.3. The number of anilines is 1. The Balaban J connectivity index is 2.26. The van der Waals surface area contributed by atoms with E-state index in [2.05, 4.69) is 27.6 Å². The molecule has 2 rings (SSSR count). The van der Waals surface area contributed by atoms with Crippen molar-refractivity contribution in [1.82, 2.24) is 9.97 Å². The van der Waals surface area contributed by atoms with Crippen LogP contribution in [0.25, 0.3) is 0 Å². The molecule has 0 aromatic carbocycles. The fourth-order valence-electron chi connectivity index (χ4n) is 1.43. The second kappa shape index (κ2) is 4.17. The fourth-order valence-corrected chi connectivity index (χ4v) is 1.81. The molecule has 0 aliphatic heterocycles. The van der Waals surface area contributed by atoms with Gasteiger partial charge in [-0.05, 0) is 19.1 Å². The van der Waals surface area contributed by atoms with E-state index in [1.54, 1.807) is 11.8 Å². The maximum absolute atomic E-state index is 4.56. The summed E-state index contributed by atoms with van der Waals surface area (Å²) >= 11 is 1.76. The van der Waals surface area contributed by atoms with Gasteiger partial charge in [0, 0.05) is 24.7 Å². The van der Waals surface area contributed by atoms with Crippen molar-refractivity contribution in [3.63, 3.8) is 0 Å². The molecule has 0 amide bonds. The quantitative estimate of drug-likeness (QED) is 0.825. The van der Waals surface area contributed by atoms with Crippen LogP contribution in [0.3, 0.4) is 0 Å². The topological polar surface area (TPSA) is 37.8 Å². The van der Waals surface area contributed by atoms with Crippen molar-refractivity contribution in [1.29, 1.82) is 0 Å². The Hall–Kier alpha value is -0.770. The lowest BCUT2D eigenvalue weighted by Crippen LogP contribution is -2.02. The van der Waals surface area contributed by atoms with Gasteiger partial charge in [-0.1, -0.05) is 0 Å². The van der Waals surface area contributed by atoms with E-state index in [9.17, 15) is 0 Å². The Morgan fingerprint density at radius 1 is 1.50 bits per heavy atom. The minimum Gasteiger partial charge on any atom is -0.373 e. The van der Waals surface area contributed by atoms with Crippen LogP contribution < -0.4 is 5.32 Å². The van der Waals surface area contributed by atoms with E-state index in [1.807, 2.05) is 7.05 Å². The average molecular weight is 209 g/mol. The first-order chi connectivity index (χ1) is 6.83. The summed E-state index contributed by atoms with van der Waals surface area (Å²) < 4.78 is 0. The van der Waals surface area contributed by atoms with Gasteiger partial charge in [0.25, 0.3) is 0 Å². The van der Waals surface area contributed by atoms with E-state index in [-0.39, 0.29) is 0 Å². The molecule has 0 spiro atoms. The van der Waals surface area contributed by atoms with Gasteiger partial charge in [-0.2, -0.15) is 11.8 Å². The molecule has 76 valence electrons. The number of hydrogen-bond donors (Lipinski definition) is 1. The molecule has 3 nitrogen and oxygen atoms in total. The van der Waals surface area contributed by atoms with Crippen molar-refractivity contribution in [3.05, 3.63) is 17.6 Å². The minimum atomic E-state index is 0.700. The van der Waals surface area contributed by atoms with Crippen LogP contribution in [0, 0.1) is 0 Å². The van der Waals surface area contributed by atoms with E-state index >= 15 is 0 Å². The molecule has 1 aliphatic carbocycles. The van der Waals surface area contributed by atoms with E-state index < -0.39 is 0 Å². The number of rotatable bonds is 4. The Kier molecular flexibility index (Phi) is 2.91. The van der Waals surface area contributed by atoms with Gasteiger partial charge in [0.2, 0.25) is 0 Å². The fraction of sp³-hybridized carbons (Fsp3) is 0.600. The zero-order chi connectivity index (χ0) is 9.97. The predicted molar refractivity (Wildman–Crippen MR) is 60.8 cm³/mol. The molecule has 0 radical (unpaired) electrons. The van der Waals surface area contributed by atoms with E-state index in [4.69, 9.17) is 0 Å². The van der Waals surface area contributed by atoms with Crippen LogP contribution in [0.5, 0.6) is 0 Å². The average Bonchev–Trinajstić information content (AvgIpc) is 3.01. The molecule has 0 atom stereocenters. The van der Waals surface area contributed by atoms with Crippen molar-refractivity contribution in [2.45, 2.75) is 24.5 Å². The summed E-state index contributed by atoms with van der Waals surface area (Å²) in [5, 5.41) is 3.09. The minimum absolute atomic E-state index is 0.700. The molecule has 1 saturated carbocycles. The van der Waals surface area contributed by atoms with Gasteiger partial charge in [-0.15, -0.1) is 0 Å². The summed E-state index contributed by atoms with van der Waals surface area (Å²) in [5.74, 6) is 3.50. The molecule has 1 aliphatic rings. The molecular formula is C10H15N3S. The van der Waals surface area contributed by atoms with Crippen molar-refractivity contribution in [2.24, 2.45) is 0 Å². The molecule has 0 bridgehead atoms. The Bertz CT molecular complexity index is 323. The number of hydrogen-bond acceptors (Lipinski definition) is 4. The highest BCUT2D eigenvalue weighted by Crippen LogP contribution is 2.39. The number of nitrogens with one attached hydrogen (secondary N) is 1. The van der Waals surface area contributed by atoms with Crippen LogP contribution in [0.4, 0.5) is 5.82 Å². The lowest BCUT2D eigenvalue weighted by Gasteiger charge is -2.05. The predicted octanol–water partition coefficient (Wildman–Crippen LogP) is 2.26. The molecule has 1 heterocycles. The van der Waals surface area contributed by atoms with Gasteiger partial charge in [-0.3, -0.25) is 0 Å². The van der Waals surface area contributed by atoms with Gasteiger partial charge in [0.05, 0.1) is 5.75 Å². The largest absolute Gasteiger partial charge is 0.373 e. The summed E-state index contributed by atoms with van der Waals surface area (Å²) in [6.07, 6.45) is 4.66. The zero-order valence-electron chi connectivity index (χ0n) is 8.58. The van der Waals surface area contributed by atoms with Gasteiger partial charge in [0.15, 0.2) is 0 Å². The maximum Gasteiger partial charge on any atom is 0.140 e. The third kappa shape index (κ3) is 2.18. The number of nitrogens with zero attached hydrogens (tertiary/aromatic N) is 2. The van der Waals surface area contributed by atoms with Crippen molar-refractivity contribution in [2.75, 3.05) is 18.6 Å². The van der Waals surface area contributed by atoms with Crippen LogP contribution in [-0.2, 0) is 5.75 Å². The Morgan fingerprint density at radius 3 is 2.86 bits per heavy atom. The summed E-state index contributed by atoms with van der Waals surface area (Å²) in [6, 6.07) is 2.07. The first-order valence-electron chi connectivity index (χ1n) is 4.88.